The van der Waals surface area contributed by atoms with E-state index in [1.54, 1.807) is 30.7 Å². The summed E-state index contributed by atoms with van der Waals surface area (Å²) in [5.74, 6) is 1.10. The van der Waals surface area contributed by atoms with Crippen LogP contribution in [-0.4, -0.2) is 22.7 Å². The van der Waals surface area contributed by atoms with Gasteiger partial charge in [-0.05, 0) is 18.2 Å². The minimum absolute atomic E-state index is 0.164. The summed E-state index contributed by atoms with van der Waals surface area (Å²) in [5.41, 5.74) is 1.39. The van der Waals surface area contributed by atoms with Gasteiger partial charge in [0.2, 0.25) is 6.79 Å². The number of carbonyl (C=O) groups is 1. The van der Waals surface area contributed by atoms with E-state index in [4.69, 9.17) is 9.47 Å². The van der Waals surface area contributed by atoms with Crippen LogP contribution in [0.25, 0.3) is 0 Å². The number of rotatable bonds is 3. The lowest BCUT2D eigenvalue weighted by molar-refractivity contribution is 0.0950. The molecule has 1 aromatic heterocycles. The average molecular weight is 245 g/mol. The van der Waals surface area contributed by atoms with Gasteiger partial charge in [0.1, 0.15) is 0 Å². The molecule has 1 aliphatic rings. The molecule has 0 spiro atoms. The molecule has 0 fully saturated rings. The SMILES string of the molecule is O=C(NCc1cnc[nH]1)c1ccc2c(c1)OCO2. The Balaban J connectivity index is 1.69. The number of fused-ring (bicyclic) bond motifs is 1. The van der Waals surface area contributed by atoms with Crippen LogP contribution in [0.5, 0.6) is 11.5 Å². The quantitative estimate of drug-likeness (QED) is 0.848. The molecule has 0 aliphatic carbocycles. The highest BCUT2D eigenvalue weighted by Gasteiger charge is 2.15. The van der Waals surface area contributed by atoms with E-state index in [-0.39, 0.29) is 12.7 Å². The number of carbonyl (C=O) groups excluding carboxylic acids is 1. The number of aromatic nitrogens is 2. The molecule has 0 saturated carbocycles. The Bertz CT molecular complexity index is 566. The molecule has 0 radical (unpaired) electrons. The number of nitrogens with zero attached hydrogens (tertiary/aromatic N) is 1. The second-order valence-electron chi connectivity index (χ2n) is 3.83. The summed E-state index contributed by atoms with van der Waals surface area (Å²) in [6.45, 7) is 0.613. The third-order valence-corrected chi connectivity index (χ3v) is 2.63. The molecule has 92 valence electrons. The Hall–Kier alpha value is -2.50. The molecule has 2 N–H and O–H groups in total. The third-order valence-electron chi connectivity index (χ3n) is 2.63. The van der Waals surface area contributed by atoms with Gasteiger partial charge in [-0.25, -0.2) is 4.98 Å². The first-order chi connectivity index (χ1) is 8.83. The highest BCUT2D eigenvalue weighted by molar-refractivity contribution is 5.94. The van der Waals surface area contributed by atoms with Gasteiger partial charge in [0.05, 0.1) is 18.6 Å². The molecule has 6 heteroatoms. The number of H-pyrrole nitrogens is 1. The van der Waals surface area contributed by atoms with Gasteiger partial charge in [0.15, 0.2) is 11.5 Å². The number of hydrogen-bond acceptors (Lipinski definition) is 4. The van der Waals surface area contributed by atoms with Gasteiger partial charge in [-0.2, -0.15) is 0 Å². The van der Waals surface area contributed by atoms with Crippen LogP contribution in [0, 0.1) is 0 Å². The maximum absolute atomic E-state index is 11.9. The minimum Gasteiger partial charge on any atom is -0.454 e. The predicted octanol–water partition coefficient (Wildman–Crippen LogP) is 1.07. The first-order valence-electron chi connectivity index (χ1n) is 5.48. The van der Waals surface area contributed by atoms with E-state index < -0.39 is 0 Å². The molecule has 2 heterocycles. The van der Waals surface area contributed by atoms with Crippen LogP contribution in [0.4, 0.5) is 0 Å². The number of imidazole rings is 1. The number of benzene rings is 1. The van der Waals surface area contributed by atoms with E-state index in [1.807, 2.05) is 0 Å². The van der Waals surface area contributed by atoms with Crippen LogP contribution in [0.1, 0.15) is 16.1 Å². The van der Waals surface area contributed by atoms with Crippen LogP contribution in [0.3, 0.4) is 0 Å². The monoisotopic (exact) mass is 245 g/mol. The van der Waals surface area contributed by atoms with Crippen LogP contribution < -0.4 is 14.8 Å². The van der Waals surface area contributed by atoms with E-state index in [0.717, 1.165) is 5.69 Å². The van der Waals surface area contributed by atoms with Crippen molar-refractivity contribution in [3.63, 3.8) is 0 Å². The summed E-state index contributed by atoms with van der Waals surface area (Å²) in [6, 6.07) is 5.11. The lowest BCUT2D eigenvalue weighted by Gasteiger charge is -2.04. The van der Waals surface area contributed by atoms with Gasteiger partial charge >= 0.3 is 0 Å². The summed E-state index contributed by atoms with van der Waals surface area (Å²) in [4.78, 5) is 18.7. The molecule has 0 saturated heterocycles. The highest BCUT2D eigenvalue weighted by atomic mass is 16.7. The van der Waals surface area contributed by atoms with Gasteiger partial charge in [0, 0.05) is 11.8 Å². The fourth-order valence-corrected chi connectivity index (χ4v) is 1.70. The highest BCUT2D eigenvalue weighted by Crippen LogP contribution is 2.32. The fraction of sp³-hybridized carbons (Fsp3) is 0.167. The van der Waals surface area contributed by atoms with Gasteiger partial charge < -0.3 is 19.8 Å². The minimum atomic E-state index is -0.164. The van der Waals surface area contributed by atoms with Crippen molar-refractivity contribution >= 4 is 5.91 Å². The summed E-state index contributed by atoms with van der Waals surface area (Å²) in [6.07, 6.45) is 3.24. The standard InChI is InChI=1S/C12H11N3O3/c16-12(14-5-9-4-13-6-15-9)8-1-2-10-11(3-8)18-7-17-10/h1-4,6H,5,7H2,(H,13,15)(H,14,16). The van der Waals surface area contributed by atoms with Gasteiger partial charge in [-0.1, -0.05) is 0 Å². The average Bonchev–Trinajstić information content (AvgIpc) is 3.05. The summed E-state index contributed by atoms with van der Waals surface area (Å²) < 4.78 is 10.4. The summed E-state index contributed by atoms with van der Waals surface area (Å²) >= 11 is 0. The van der Waals surface area contributed by atoms with Crippen LogP contribution >= 0.6 is 0 Å². The molecule has 18 heavy (non-hydrogen) atoms. The predicted molar refractivity (Wildman–Crippen MR) is 62.3 cm³/mol. The zero-order valence-electron chi connectivity index (χ0n) is 9.47. The lowest BCUT2D eigenvalue weighted by atomic mass is 10.2. The van der Waals surface area contributed by atoms with Gasteiger partial charge in [0.25, 0.3) is 5.91 Å². The van der Waals surface area contributed by atoms with E-state index in [1.165, 1.54) is 0 Å². The molecule has 1 aliphatic heterocycles. The third kappa shape index (κ3) is 2.00. The number of amides is 1. The van der Waals surface area contributed by atoms with Crippen molar-refractivity contribution in [2.45, 2.75) is 6.54 Å². The molecule has 0 bridgehead atoms. The molecule has 0 unspecified atom stereocenters. The van der Waals surface area contributed by atoms with Crippen molar-refractivity contribution in [1.29, 1.82) is 0 Å². The smallest absolute Gasteiger partial charge is 0.251 e. The van der Waals surface area contributed by atoms with Crippen molar-refractivity contribution in [2.75, 3.05) is 6.79 Å². The zero-order chi connectivity index (χ0) is 12.4. The molecule has 1 amide bonds. The largest absolute Gasteiger partial charge is 0.454 e. The first-order valence-corrected chi connectivity index (χ1v) is 5.48. The Morgan fingerprint density at radius 2 is 2.28 bits per heavy atom. The number of nitrogens with one attached hydrogen (secondary N) is 2. The first kappa shape index (κ1) is 10.6. The normalized spacial score (nSPS) is 12.4. The summed E-state index contributed by atoms with van der Waals surface area (Å²) in [5, 5.41) is 2.79. The van der Waals surface area contributed by atoms with E-state index >= 15 is 0 Å². The Kier molecular flexibility index (Phi) is 2.60. The fourth-order valence-electron chi connectivity index (χ4n) is 1.70. The van der Waals surface area contributed by atoms with Crippen molar-refractivity contribution < 1.29 is 14.3 Å². The van der Waals surface area contributed by atoms with Crippen molar-refractivity contribution in [1.82, 2.24) is 15.3 Å². The van der Waals surface area contributed by atoms with Crippen molar-refractivity contribution in [3.05, 3.63) is 42.0 Å². The number of hydrogen-bond donors (Lipinski definition) is 2. The Labute approximate surface area is 103 Å². The van der Waals surface area contributed by atoms with Crippen LogP contribution in [0.15, 0.2) is 30.7 Å². The lowest BCUT2D eigenvalue weighted by Crippen LogP contribution is -2.22. The molecule has 3 rings (SSSR count). The maximum atomic E-state index is 11.9. The van der Waals surface area contributed by atoms with E-state index in [2.05, 4.69) is 15.3 Å². The number of ether oxygens (including phenoxy) is 2. The molecule has 1 aromatic carbocycles. The maximum Gasteiger partial charge on any atom is 0.251 e. The molecular weight excluding hydrogens is 234 g/mol. The second kappa shape index (κ2) is 4.40. The van der Waals surface area contributed by atoms with Crippen LogP contribution in [-0.2, 0) is 6.54 Å². The molecule has 2 aromatic rings. The molecular formula is C12H11N3O3. The zero-order valence-corrected chi connectivity index (χ0v) is 9.47. The van der Waals surface area contributed by atoms with Crippen molar-refractivity contribution in [2.24, 2.45) is 0 Å². The topological polar surface area (TPSA) is 76.2 Å². The van der Waals surface area contributed by atoms with Gasteiger partial charge in [-0.15, -0.1) is 0 Å². The Morgan fingerprint density at radius 1 is 1.39 bits per heavy atom. The molecule has 6 nitrogen and oxygen atoms in total. The van der Waals surface area contributed by atoms with Crippen molar-refractivity contribution in [3.8, 4) is 11.5 Å². The van der Waals surface area contributed by atoms with Gasteiger partial charge in [-0.3, -0.25) is 4.79 Å². The Morgan fingerprint density at radius 3 is 3.11 bits per heavy atom. The molecule has 0 atom stereocenters. The number of aromatic amines is 1. The second-order valence-corrected chi connectivity index (χ2v) is 3.83. The summed E-state index contributed by atoms with van der Waals surface area (Å²) in [7, 11) is 0. The van der Waals surface area contributed by atoms with E-state index in [0.29, 0.717) is 23.6 Å². The van der Waals surface area contributed by atoms with E-state index in [9.17, 15) is 4.79 Å². The van der Waals surface area contributed by atoms with Crippen LogP contribution in [0.2, 0.25) is 0 Å².